The second-order valence-corrected chi connectivity index (χ2v) is 9.06. The number of hydrogen-bond donors (Lipinski definition) is 2. The molecule has 8 heteroatoms. The Kier molecular flexibility index (Phi) is 5.96. The van der Waals surface area contributed by atoms with Crippen molar-refractivity contribution in [3.05, 3.63) is 38.4 Å². The minimum absolute atomic E-state index is 0.0187. The van der Waals surface area contributed by atoms with Gasteiger partial charge in [-0.1, -0.05) is 12.5 Å². The van der Waals surface area contributed by atoms with E-state index in [1.165, 1.54) is 11.3 Å². The molecule has 0 saturated heterocycles. The van der Waals surface area contributed by atoms with Gasteiger partial charge in [0.05, 0.1) is 12.1 Å². The number of aryl methyl sites for hydroxylation is 1. The van der Waals surface area contributed by atoms with Crippen LogP contribution in [0.5, 0.6) is 0 Å². The van der Waals surface area contributed by atoms with E-state index in [4.69, 9.17) is 5.73 Å². The third-order valence-electron chi connectivity index (χ3n) is 4.91. The zero-order valence-electron chi connectivity index (χ0n) is 15.4. The Morgan fingerprint density at radius 2 is 2.04 bits per heavy atom. The van der Waals surface area contributed by atoms with Crippen molar-refractivity contribution in [3.8, 4) is 0 Å². The van der Waals surface area contributed by atoms with Crippen LogP contribution in [-0.4, -0.2) is 29.2 Å². The summed E-state index contributed by atoms with van der Waals surface area (Å²) in [5.74, 6) is -0.834. The number of primary amides is 1. The third kappa shape index (κ3) is 4.39. The highest BCUT2D eigenvalue weighted by atomic mass is 32.1. The van der Waals surface area contributed by atoms with Crippen molar-refractivity contribution in [2.75, 3.05) is 11.9 Å². The van der Waals surface area contributed by atoms with Crippen LogP contribution in [0, 0.1) is 19.8 Å². The first-order valence-corrected chi connectivity index (χ1v) is 10.6. The first kappa shape index (κ1) is 19.6. The van der Waals surface area contributed by atoms with Gasteiger partial charge in [-0.3, -0.25) is 14.4 Å². The number of hydrogen-bond acceptors (Lipinski definition) is 5. The zero-order valence-corrected chi connectivity index (χ0v) is 17.0. The molecule has 3 amide bonds. The van der Waals surface area contributed by atoms with E-state index in [1.54, 1.807) is 16.2 Å². The molecule has 0 aromatic carbocycles. The van der Waals surface area contributed by atoms with E-state index in [2.05, 4.69) is 5.32 Å². The van der Waals surface area contributed by atoms with E-state index < -0.39 is 5.91 Å². The van der Waals surface area contributed by atoms with Crippen LogP contribution in [0.15, 0.2) is 17.5 Å². The maximum Gasteiger partial charge on any atom is 0.251 e. The molecule has 144 valence electrons. The lowest BCUT2D eigenvalue weighted by molar-refractivity contribution is -0.141. The summed E-state index contributed by atoms with van der Waals surface area (Å²) in [7, 11) is 0. The van der Waals surface area contributed by atoms with Crippen molar-refractivity contribution in [3.63, 3.8) is 0 Å². The standard InChI is InChI=1S/C19H23N3O3S2/c1-11-12(2)27-18(16(11)17(20)24)21-15(23)10-22(9-14-7-4-8-26-14)19(25)13-5-3-6-13/h4,7-8,13H,3,5-6,9-10H2,1-2H3,(H2,20,24)(H,21,23). The van der Waals surface area contributed by atoms with E-state index in [0.717, 1.165) is 34.6 Å². The average Bonchev–Trinajstić information content (AvgIpc) is 3.13. The van der Waals surface area contributed by atoms with E-state index in [9.17, 15) is 14.4 Å². The van der Waals surface area contributed by atoms with Gasteiger partial charge in [0.1, 0.15) is 11.5 Å². The molecule has 3 N–H and O–H groups in total. The summed E-state index contributed by atoms with van der Waals surface area (Å²) in [5.41, 5.74) is 6.59. The number of amides is 3. The van der Waals surface area contributed by atoms with Gasteiger partial charge in [-0.05, 0) is 43.7 Å². The van der Waals surface area contributed by atoms with Gasteiger partial charge in [0.15, 0.2) is 0 Å². The number of nitrogens with two attached hydrogens (primary N) is 1. The second kappa shape index (κ2) is 8.22. The number of anilines is 1. The molecule has 2 aromatic rings. The molecule has 0 spiro atoms. The lowest BCUT2D eigenvalue weighted by Crippen LogP contribution is -2.42. The van der Waals surface area contributed by atoms with Crippen LogP contribution in [0.3, 0.4) is 0 Å². The predicted molar refractivity (Wildman–Crippen MR) is 108 cm³/mol. The molecule has 27 heavy (non-hydrogen) atoms. The normalized spacial score (nSPS) is 13.9. The van der Waals surface area contributed by atoms with Crippen LogP contribution in [0.2, 0.25) is 0 Å². The largest absolute Gasteiger partial charge is 0.365 e. The van der Waals surface area contributed by atoms with Crippen LogP contribution in [0.1, 0.15) is 44.9 Å². The highest BCUT2D eigenvalue weighted by Crippen LogP contribution is 2.32. The molecule has 0 atom stereocenters. The summed E-state index contributed by atoms with van der Waals surface area (Å²) < 4.78 is 0. The highest BCUT2D eigenvalue weighted by molar-refractivity contribution is 7.16. The van der Waals surface area contributed by atoms with E-state index in [-0.39, 0.29) is 24.3 Å². The molecule has 0 unspecified atom stereocenters. The molecule has 1 aliphatic carbocycles. The van der Waals surface area contributed by atoms with Crippen LogP contribution in [0.4, 0.5) is 5.00 Å². The molecule has 2 aromatic heterocycles. The molecule has 0 radical (unpaired) electrons. The molecule has 0 bridgehead atoms. The minimum Gasteiger partial charge on any atom is -0.365 e. The molecule has 0 aliphatic heterocycles. The molecular formula is C19H23N3O3S2. The quantitative estimate of drug-likeness (QED) is 0.740. The lowest BCUT2D eigenvalue weighted by Gasteiger charge is -2.31. The van der Waals surface area contributed by atoms with Crippen molar-refractivity contribution in [2.45, 2.75) is 39.7 Å². The maximum absolute atomic E-state index is 12.8. The Morgan fingerprint density at radius 3 is 2.59 bits per heavy atom. The Hall–Kier alpha value is -2.19. The number of thiophene rings is 2. The molecule has 3 rings (SSSR count). The molecular weight excluding hydrogens is 382 g/mol. The van der Waals surface area contributed by atoms with Gasteiger partial charge >= 0.3 is 0 Å². The topological polar surface area (TPSA) is 92.5 Å². The van der Waals surface area contributed by atoms with Crippen molar-refractivity contribution < 1.29 is 14.4 Å². The lowest BCUT2D eigenvalue weighted by atomic mass is 9.84. The second-order valence-electron chi connectivity index (χ2n) is 6.80. The van der Waals surface area contributed by atoms with E-state index in [1.807, 2.05) is 31.4 Å². The fourth-order valence-electron chi connectivity index (χ4n) is 3.07. The van der Waals surface area contributed by atoms with E-state index in [0.29, 0.717) is 17.1 Å². The average molecular weight is 406 g/mol. The number of nitrogens with zero attached hydrogens (tertiary/aromatic N) is 1. The molecule has 6 nitrogen and oxygen atoms in total. The van der Waals surface area contributed by atoms with Gasteiger partial charge in [-0.25, -0.2) is 0 Å². The summed E-state index contributed by atoms with van der Waals surface area (Å²) in [6.45, 7) is 4.07. The maximum atomic E-state index is 12.8. The number of rotatable bonds is 7. The number of nitrogens with one attached hydrogen (secondary N) is 1. The minimum atomic E-state index is -0.562. The molecule has 1 saturated carbocycles. The van der Waals surface area contributed by atoms with Crippen molar-refractivity contribution in [1.82, 2.24) is 4.90 Å². The zero-order chi connectivity index (χ0) is 19.6. The summed E-state index contributed by atoms with van der Waals surface area (Å²) in [4.78, 5) is 40.7. The highest BCUT2D eigenvalue weighted by Gasteiger charge is 2.31. The van der Waals surface area contributed by atoms with Crippen LogP contribution in [0.25, 0.3) is 0 Å². The first-order valence-electron chi connectivity index (χ1n) is 8.87. The molecule has 1 aliphatic rings. The van der Waals surface area contributed by atoms with Crippen molar-refractivity contribution in [1.29, 1.82) is 0 Å². The van der Waals surface area contributed by atoms with Crippen molar-refractivity contribution >= 4 is 45.4 Å². The van der Waals surface area contributed by atoms with Gasteiger partial charge in [0.25, 0.3) is 5.91 Å². The predicted octanol–water partition coefficient (Wildman–Crippen LogP) is 3.29. The summed E-state index contributed by atoms with van der Waals surface area (Å²) >= 11 is 2.89. The van der Waals surface area contributed by atoms with Crippen LogP contribution in [-0.2, 0) is 16.1 Å². The van der Waals surface area contributed by atoms with Gasteiger partial charge in [-0.15, -0.1) is 22.7 Å². The monoisotopic (exact) mass is 405 g/mol. The number of carbonyl (C=O) groups is 3. The Labute approximate surface area is 166 Å². The molecule has 1 fully saturated rings. The van der Waals surface area contributed by atoms with Crippen LogP contribution < -0.4 is 11.1 Å². The first-order chi connectivity index (χ1) is 12.9. The number of carbonyl (C=O) groups excluding carboxylic acids is 3. The smallest absolute Gasteiger partial charge is 0.251 e. The van der Waals surface area contributed by atoms with Crippen LogP contribution >= 0.6 is 22.7 Å². The molecule has 2 heterocycles. The summed E-state index contributed by atoms with van der Waals surface area (Å²) in [6, 6.07) is 3.89. The van der Waals surface area contributed by atoms with Gasteiger partial charge < -0.3 is 16.0 Å². The van der Waals surface area contributed by atoms with Gasteiger partial charge in [0, 0.05) is 15.7 Å². The fourth-order valence-corrected chi connectivity index (χ4v) is 4.87. The Bertz CT molecular complexity index is 854. The van der Waals surface area contributed by atoms with Crippen molar-refractivity contribution in [2.24, 2.45) is 11.7 Å². The SMILES string of the molecule is Cc1sc(NC(=O)CN(Cc2cccs2)C(=O)C2CCC2)c(C(N)=O)c1C. The summed E-state index contributed by atoms with van der Waals surface area (Å²) in [5, 5.41) is 5.19. The fraction of sp³-hybridized carbons (Fsp3) is 0.421. The van der Waals surface area contributed by atoms with E-state index >= 15 is 0 Å². The van der Waals surface area contributed by atoms with Gasteiger partial charge in [0.2, 0.25) is 11.8 Å². The Morgan fingerprint density at radius 1 is 1.30 bits per heavy atom. The third-order valence-corrected chi connectivity index (χ3v) is 6.90. The Balaban J connectivity index is 1.73. The summed E-state index contributed by atoms with van der Waals surface area (Å²) in [6.07, 6.45) is 2.83. The van der Waals surface area contributed by atoms with Gasteiger partial charge in [-0.2, -0.15) is 0 Å².